The molecule has 1 amide bonds. The van der Waals surface area contributed by atoms with Crippen molar-refractivity contribution in [3.8, 4) is 5.75 Å². The van der Waals surface area contributed by atoms with E-state index in [0.717, 1.165) is 24.2 Å². The molecule has 0 N–H and O–H groups in total. The third-order valence-electron chi connectivity index (χ3n) is 3.98. The van der Waals surface area contributed by atoms with Crippen LogP contribution in [0.2, 0.25) is 0 Å². The Morgan fingerprint density at radius 1 is 1.12 bits per heavy atom. The van der Waals surface area contributed by atoms with Gasteiger partial charge in [-0.15, -0.1) is 0 Å². The van der Waals surface area contributed by atoms with Crippen LogP contribution < -0.4 is 4.74 Å². The van der Waals surface area contributed by atoms with Crippen LogP contribution in [0.4, 0.5) is 4.79 Å². The second kappa shape index (κ2) is 6.99. The third-order valence-corrected chi connectivity index (χ3v) is 3.98. The topological polar surface area (TPSA) is 51.7 Å². The molecule has 0 radical (unpaired) electrons. The van der Waals surface area contributed by atoms with Gasteiger partial charge in [0.25, 0.3) is 0 Å². The van der Waals surface area contributed by atoms with E-state index in [-0.39, 0.29) is 17.6 Å². The Labute approximate surface area is 145 Å². The van der Waals surface area contributed by atoms with E-state index in [1.807, 2.05) is 27.0 Å². The van der Waals surface area contributed by atoms with Gasteiger partial charge in [-0.05, 0) is 37.8 Å². The van der Waals surface area contributed by atoms with Gasteiger partial charge in [-0.1, -0.05) is 20.8 Å². The highest BCUT2D eigenvalue weighted by atomic mass is 16.6. The number of carbonyl (C=O) groups is 1. The van der Waals surface area contributed by atoms with Gasteiger partial charge in [0, 0.05) is 32.1 Å². The SMILES string of the molecule is CC(C)(C)OC(=O)N1CCC(Oc2cncc(C(C)(C)C)c2)CC1. The standard InChI is InChI=1S/C19H30N2O3/c1-18(2,3)14-11-16(13-20-12-14)23-15-7-9-21(10-8-15)17(22)24-19(4,5)6/h11-13,15H,7-10H2,1-6H3. The van der Waals surface area contributed by atoms with Gasteiger partial charge >= 0.3 is 6.09 Å². The summed E-state index contributed by atoms with van der Waals surface area (Å²) in [6, 6.07) is 2.06. The minimum atomic E-state index is -0.455. The first kappa shape index (κ1) is 18.6. The zero-order valence-electron chi connectivity index (χ0n) is 15.8. The Hall–Kier alpha value is -1.78. The second-order valence-electron chi connectivity index (χ2n) is 8.44. The number of carbonyl (C=O) groups excluding carboxylic acids is 1. The molecule has 1 aromatic heterocycles. The average molecular weight is 334 g/mol. The molecular formula is C19H30N2O3. The molecule has 1 aliphatic heterocycles. The summed E-state index contributed by atoms with van der Waals surface area (Å²) in [6.07, 6.45) is 5.13. The van der Waals surface area contributed by atoms with Crippen molar-refractivity contribution < 1.29 is 14.3 Å². The minimum Gasteiger partial charge on any atom is -0.489 e. The van der Waals surface area contributed by atoms with Gasteiger partial charge in [-0.3, -0.25) is 4.98 Å². The van der Waals surface area contributed by atoms with Gasteiger partial charge in [0.05, 0.1) is 6.20 Å². The molecule has 1 aliphatic rings. The van der Waals surface area contributed by atoms with Crippen molar-refractivity contribution in [3.05, 3.63) is 24.0 Å². The number of aromatic nitrogens is 1. The van der Waals surface area contributed by atoms with Crippen LogP contribution in [0.1, 0.15) is 59.9 Å². The van der Waals surface area contributed by atoms with Gasteiger partial charge < -0.3 is 14.4 Å². The molecule has 0 saturated carbocycles. The molecule has 0 aromatic carbocycles. The van der Waals surface area contributed by atoms with Crippen molar-refractivity contribution in [2.24, 2.45) is 0 Å². The Morgan fingerprint density at radius 2 is 1.75 bits per heavy atom. The van der Waals surface area contributed by atoms with Crippen LogP contribution in [0.5, 0.6) is 5.75 Å². The molecule has 0 unspecified atom stereocenters. The maximum Gasteiger partial charge on any atom is 0.410 e. The highest BCUT2D eigenvalue weighted by Crippen LogP contribution is 2.26. The lowest BCUT2D eigenvalue weighted by atomic mass is 9.88. The Kier molecular flexibility index (Phi) is 5.41. The van der Waals surface area contributed by atoms with Crippen molar-refractivity contribution in [2.45, 2.75) is 71.5 Å². The second-order valence-corrected chi connectivity index (χ2v) is 8.44. The van der Waals surface area contributed by atoms with Crippen LogP contribution in [0.25, 0.3) is 0 Å². The smallest absolute Gasteiger partial charge is 0.410 e. The van der Waals surface area contributed by atoms with Crippen molar-refractivity contribution in [2.75, 3.05) is 13.1 Å². The summed E-state index contributed by atoms with van der Waals surface area (Å²) in [5.41, 5.74) is 0.752. The number of ether oxygens (including phenoxy) is 2. The maximum atomic E-state index is 12.1. The molecule has 24 heavy (non-hydrogen) atoms. The van der Waals surface area contributed by atoms with Gasteiger partial charge in [-0.2, -0.15) is 0 Å². The number of pyridine rings is 1. The predicted octanol–water partition coefficient (Wildman–Crippen LogP) is 4.16. The molecule has 1 aromatic rings. The van der Waals surface area contributed by atoms with Crippen LogP contribution in [-0.2, 0) is 10.2 Å². The largest absolute Gasteiger partial charge is 0.489 e. The number of rotatable bonds is 2. The summed E-state index contributed by atoms with van der Waals surface area (Å²) in [6.45, 7) is 13.5. The number of nitrogens with zero attached hydrogens (tertiary/aromatic N) is 2. The van der Waals surface area contributed by atoms with E-state index in [2.05, 4.69) is 31.8 Å². The zero-order chi connectivity index (χ0) is 18.0. The van der Waals surface area contributed by atoms with Crippen molar-refractivity contribution in [3.63, 3.8) is 0 Å². The molecule has 0 aliphatic carbocycles. The van der Waals surface area contributed by atoms with E-state index in [1.54, 1.807) is 11.1 Å². The van der Waals surface area contributed by atoms with E-state index in [4.69, 9.17) is 9.47 Å². The van der Waals surface area contributed by atoms with Crippen LogP contribution in [0, 0.1) is 0 Å². The van der Waals surface area contributed by atoms with Gasteiger partial charge in [0.15, 0.2) is 0 Å². The summed E-state index contributed by atoms with van der Waals surface area (Å²) in [5, 5.41) is 0. The van der Waals surface area contributed by atoms with E-state index in [0.29, 0.717) is 13.1 Å². The molecule has 134 valence electrons. The predicted molar refractivity (Wildman–Crippen MR) is 94.4 cm³/mol. The lowest BCUT2D eigenvalue weighted by molar-refractivity contribution is 0.0126. The fraction of sp³-hybridized carbons (Fsp3) is 0.684. The van der Waals surface area contributed by atoms with Gasteiger partial charge in [0.1, 0.15) is 17.5 Å². The number of piperidine rings is 1. The number of amides is 1. The van der Waals surface area contributed by atoms with Crippen LogP contribution >= 0.6 is 0 Å². The first-order valence-corrected chi connectivity index (χ1v) is 8.65. The lowest BCUT2D eigenvalue weighted by Crippen LogP contribution is -2.44. The van der Waals surface area contributed by atoms with E-state index in [9.17, 15) is 4.79 Å². The zero-order valence-corrected chi connectivity index (χ0v) is 15.8. The van der Waals surface area contributed by atoms with Crippen molar-refractivity contribution in [1.29, 1.82) is 0 Å². The molecule has 0 bridgehead atoms. The lowest BCUT2D eigenvalue weighted by Gasteiger charge is -2.33. The number of likely N-dealkylation sites (tertiary alicyclic amines) is 1. The van der Waals surface area contributed by atoms with Crippen molar-refractivity contribution in [1.82, 2.24) is 9.88 Å². The number of hydrogen-bond donors (Lipinski definition) is 0. The first-order valence-electron chi connectivity index (χ1n) is 8.65. The fourth-order valence-electron chi connectivity index (χ4n) is 2.57. The van der Waals surface area contributed by atoms with E-state index >= 15 is 0 Å². The van der Waals surface area contributed by atoms with Crippen LogP contribution in [-0.4, -0.2) is 40.8 Å². The molecule has 0 spiro atoms. The van der Waals surface area contributed by atoms with Gasteiger partial charge in [-0.25, -0.2) is 4.79 Å². The van der Waals surface area contributed by atoms with Gasteiger partial charge in [0.2, 0.25) is 0 Å². The molecule has 5 nitrogen and oxygen atoms in total. The molecule has 1 fully saturated rings. The molecule has 5 heteroatoms. The third kappa shape index (κ3) is 5.39. The molecule has 2 heterocycles. The molecule has 2 rings (SSSR count). The maximum absolute atomic E-state index is 12.1. The number of hydrogen-bond acceptors (Lipinski definition) is 4. The highest BCUT2D eigenvalue weighted by molar-refractivity contribution is 5.68. The van der Waals surface area contributed by atoms with Crippen LogP contribution in [0.3, 0.4) is 0 Å². The van der Waals surface area contributed by atoms with E-state index in [1.165, 1.54) is 0 Å². The summed E-state index contributed by atoms with van der Waals surface area (Å²) in [7, 11) is 0. The summed E-state index contributed by atoms with van der Waals surface area (Å²) >= 11 is 0. The summed E-state index contributed by atoms with van der Waals surface area (Å²) < 4.78 is 11.5. The molecule has 1 saturated heterocycles. The fourth-order valence-corrected chi connectivity index (χ4v) is 2.57. The summed E-state index contributed by atoms with van der Waals surface area (Å²) in [5.74, 6) is 0.804. The summed E-state index contributed by atoms with van der Waals surface area (Å²) in [4.78, 5) is 18.1. The Balaban J connectivity index is 1.88. The first-order chi connectivity index (χ1) is 11.0. The Morgan fingerprint density at radius 3 is 2.29 bits per heavy atom. The van der Waals surface area contributed by atoms with Crippen molar-refractivity contribution >= 4 is 6.09 Å². The highest BCUT2D eigenvalue weighted by Gasteiger charge is 2.27. The minimum absolute atomic E-state index is 0.0481. The molecule has 0 atom stereocenters. The normalized spacial score (nSPS) is 16.8. The molecular weight excluding hydrogens is 304 g/mol. The quantitative estimate of drug-likeness (QED) is 0.815. The van der Waals surface area contributed by atoms with Crippen LogP contribution in [0.15, 0.2) is 18.5 Å². The average Bonchev–Trinajstić information content (AvgIpc) is 2.45. The Bertz CT molecular complexity index is 565. The monoisotopic (exact) mass is 334 g/mol. The van der Waals surface area contributed by atoms with E-state index < -0.39 is 5.60 Å².